The number of nitrogens with zero attached hydrogens (tertiary/aromatic N) is 2. The summed E-state index contributed by atoms with van der Waals surface area (Å²) in [4.78, 5) is 27.9. The van der Waals surface area contributed by atoms with Crippen molar-refractivity contribution in [1.82, 2.24) is 4.90 Å². The van der Waals surface area contributed by atoms with E-state index in [1.165, 1.54) is 13.0 Å². The Labute approximate surface area is 129 Å². The average molecular weight is 304 g/mol. The van der Waals surface area contributed by atoms with Crippen molar-refractivity contribution in [1.29, 1.82) is 0 Å². The Morgan fingerprint density at radius 2 is 1.91 bits per heavy atom. The minimum Gasteiger partial charge on any atom is -0.369 e. The molecule has 2 aliphatic rings. The second-order valence-electron chi connectivity index (χ2n) is 6.13. The zero-order valence-electron chi connectivity index (χ0n) is 12.8. The summed E-state index contributed by atoms with van der Waals surface area (Å²) in [5.41, 5.74) is 0.803. The lowest BCUT2D eigenvalue weighted by Crippen LogP contribution is -2.36. The van der Waals surface area contributed by atoms with E-state index in [1.807, 2.05) is 9.80 Å². The predicted octanol–water partition coefficient (Wildman–Crippen LogP) is 2.48. The zero-order valence-corrected chi connectivity index (χ0v) is 12.8. The molecular weight excluding hydrogens is 283 g/mol. The standard InChI is InChI=1S/C17H21FN2O2/c1-12(21)16-14(18)4-2-5-15(16)19-8-3-9-20(11-10-19)17(22)13-6-7-13/h2,4-5,13H,3,6-11H2,1H3. The van der Waals surface area contributed by atoms with Gasteiger partial charge in [-0.1, -0.05) is 6.07 Å². The third-order valence-corrected chi connectivity index (χ3v) is 4.42. The predicted molar refractivity (Wildman–Crippen MR) is 82.5 cm³/mol. The van der Waals surface area contributed by atoms with E-state index >= 15 is 0 Å². The van der Waals surface area contributed by atoms with Gasteiger partial charge in [0.25, 0.3) is 0 Å². The van der Waals surface area contributed by atoms with E-state index in [0.29, 0.717) is 18.8 Å². The van der Waals surface area contributed by atoms with Gasteiger partial charge in [0, 0.05) is 32.1 Å². The van der Waals surface area contributed by atoms with Gasteiger partial charge in [-0.05, 0) is 38.3 Å². The Morgan fingerprint density at radius 3 is 2.59 bits per heavy atom. The maximum absolute atomic E-state index is 14.0. The highest BCUT2D eigenvalue weighted by atomic mass is 19.1. The Balaban J connectivity index is 1.77. The van der Waals surface area contributed by atoms with Crippen LogP contribution in [0.3, 0.4) is 0 Å². The number of amides is 1. The van der Waals surface area contributed by atoms with Gasteiger partial charge in [-0.15, -0.1) is 0 Å². The molecule has 1 amide bonds. The maximum atomic E-state index is 14.0. The van der Waals surface area contributed by atoms with Crippen molar-refractivity contribution in [3.63, 3.8) is 0 Å². The van der Waals surface area contributed by atoms with E-state index in [2.05, 4.69) is 0 Å². The van der Waals surface area contributed by atoms with Crippen molar-refractivity contribution in [3.8, 4) is 0 Å². The average Bonchev–Trinajstić information content (AvgIpc) is 3.32. The Kier molecular flexibility index (Phi) is 4.14. The first-order valence-corrected chi connectivity index (χ1v) is 7.91. The Hall–Kier alpha value is -1.91. The van der Waals surface area contributed by atoms with E-state index in [9.17, 15) is 14.0 Å². The minimum atomic E-state index is -0.472. The van der Waals surface area contributed by atoms with Crippen LogP contribution < -0.4 is 4.90 Å². The van der Waals surface area contributed by atoms with Gasteiger partial charge in [-0.3, -0.25) is 9.59 Å². The van der Waals surface area contributed by atoms with Gasteiger partial charge < -0.3 is 9.80 Å². The number of ketones is 1. The summed E-state index contributed by atoms with van der Waals surface area (Å²) in [5, 5.41) is 0. The molecule has 0 bridgehead atoms. The summed E-state index contributed by atoms with van der Waals surface area (Å²) in [5.74, 6) is -0.246. The van der Waals surface area contributed by atoms with Crippen molar-refractivity contribution in [3.05, 3.63) is 29.6 Å². The summed E-state index contributed by atoms with van der Waals surface area (Å²) in [6, 6.07) is 4.74. The summed E-state index contributed by atoms with van der Waals surface area (Å²) in [6.45, 7) is 4.16. The summed E-state index contributed by atoms with van der Waals surface area (Å²) >= 11 is 0. The first-order chi connectivity index (χ1) is 10.6. The second-order valence-corrected chi connectivity index (χ2v) is 6.13. The molecule has 1 heterocycles. The van der Waals surface area contributed by atoms with Crippen molar-refractivity contribution in [2.75, 3.05) is 31.1 Å². The quantitative estimate of drug-likeness (QED) is 0.806. The number of hydrogen-bond donors (Lipinski definition) is 0. The second kappa shape index (κ2) is 6.07. The number of rotatable bonds is 3. The monoisotopic (exact) mass is 304 g/mol. The topological polar surface area (TPSA) is 40.6 Å². The van der Waals surface area contributed by atoms with E-state index < -0.39 is 5.82 Å². The molecule has 0 spiro atoms. The summed E-state index contributed by atoms with van der Waals surface area (Å²) in [7, 11) is 0. The molecule has 22 heavy (non-hydrogen) atoms. The van der Waals surface area contributed by atoms with Crippen LogP contribution in [-0.2, 0) is 4.79 Å². The first kappa shape index (κ1) is 15.0. The molecule has 0 unspecified atom stereocenters. The lowest BCUT2D eigenvalue weighted by molar-refractivity contribution is -0.132. The highest BCUT2D eigenvalue weighted by Gasteiger charge is 2.34. The number of Topliss-reactive ketones (excluding diaryl/α,β-unsaturated/α-hetero) is 1. The van der Waals surface area contributed by atoms with Crippen molar-refractivity contribution < 1.29 is 14.0 Å². The largest absolute Gasteiger partial charge is 0.369 e. The third kappa shape index (κ3) is 2.98. The van der Waals surface area contributed by atoms with Gasteiger partial charge >= 0.3 is 0 Å². The molecule has 1 saturated carbocycles. The summed E-state index contributed by atoms with van der Waals surface area (Å²) in [6.07, 6.45) is 2.86. The SMILES string of the molecule is CC(=O)c1c(F)cccc1N1CCCN(C(=O)C2CC2)CC1. The van der Waals surface area contributed by atoms with E-state index in [1.54, 1.807) is 12.1 Å². The molecule has 2 fully saturated rings. The van der Waals surface area contributed by atoms with Gasteiger partial charge in [0.1, 0.15) is 5.82 Å². The van der Waals surface area contributed by atoms with Crippen molar-refractivity contribution >= 4 is 17.4 Å². The van der Waals surface area contributed by atoms with Crippen LogP contribution in [0.25, 0.3) is 0 Å². The van der Waals surface area contributed by atoms with Crippen LogP contribution in [0.1, 0.15) is 36.5 Å². The Morgan fingerprint density at radius 1 is 1.14 bits per heavy atom. The molecule has 3 rings (SSSR count). The lowest BCUT2D eigenvalue weighted by Gasteiger charge is -2.25. The normalized spacial score (nSPS) is 19.0. The van der Waals surface area contributed by atoms with Crippen LogP contribution in [0.2, 0.25) is 0 Å². The molecule has 1 aliphatic carbocycles. The highest BCUT2D eigenvalue weighted by Crippen LogP contribution is 2.32. The fourth-order valence-electron chi connectivity index (χ4n) is 3.09. The van der Waals surface area contributed by atoms with E-state index in [-0.39, 0.29) is 23.2 Å². The molecular formula is C17H21FN2O2. The van der Waals surface area contributed by atoms with Gasteiger partial charge in [0.05, 0.1) is 11.3 Å². The van der Waals surface area contributed by atoms with Gasteiger partial charge in [0.15, 0.2) is 5.78 Å². The molecule has 1 saturated heterocycles. The maximum Gasteiger partial charge on any atom is 0.225 e. The number of carbonyl (C=O) groups is 2. The number of hydrogen-bond acceptors (Lipinski definition) is 3. The molecule has 118 valence electrons. The molecule has 5 heteroatoms. The van der Waals surface area contributed by atoms with Crippen LogP contribution in [0.5, 0.6) is 0 Å². The molecule has 0 radical (unpaired) electrons. The van der Waals surface area contributed by atoms with Gasteiger partial charge in [-0.25, -0.2) is 4.39 Å². The van der Waals surface area contributed by atoms with Crippen LogP contribution in [0.15, 0.2) is 18.2 Å². The van der Waals surface area contributed by atoms with Crippen LogP contribution in [0.4, 0.5) is 10.1 Å². The van der Waals surface area contributed by atoms with E-state index in [4.69, 9.17) is 0 Å². The minimum absolute atomic E-state index is 0.157. The molecule has 0 N–H and O–H groups in total. The molecule has 1 aromatic rings. The van der Waals surface area contributed by atoms with Crippen LogP contribution in [0, 0.1) is 11.7 Å². The van der Waals surface area contributed by atoms with Crippen molar-refractivity contribution in [2.24, 2.45) is 5.92 Å². The Bertz CT molecular complexity index is 598. The number of anilines is 1. The van der Waals surface area contributed by atoms with Gasteiger partial charge in [-0.2, -0.15) is 0 Å². The van der Waals surface area contributed by atoms with Crippen LogP contribution >= 0.6 is 0 Å². The number of carbonyl (C=O) groups excluding carboxylic acids is 2. The molecule has 1 aliphatic heterocycles. The van der Waals surface area contributed by atoms with Crippen molar-refractivity contribution in [2.45, 2.75) is 26.2 Å². The fraction of sp³-hybridized carbons (Fsp3) is 0.529. The number of benzene rings is 1. The third-order valence-electron chi connectivity index (χ3n) is 4.42. The molecule has 0 aromatic heterocycles. The highest BCUT2D eigenvalue weighted by molar-refractivity contribution is 6.00. The van der Waals surface area contributed by atoms with E-state index in [0.717, 1.165) is 32.4 Å². The zero-order chi connectivity index (χ0) is 15.7. The first-order valence-electron chi connectivity index (χ1n) is 7.91. The smallest absolute Gasteiger partial charge is 0.225 e. The molecule has 0 atom stereocenters. The van der Waals surface area contributed by atoms with Gasteiger partial charge in [0.2, 0.25) is 5.91 Å². The summed E-state index contributed by atoms with van der Waals surface area (Å²) < 4.78 is 14.0. The lowest BCUT2D eigenvalue weighted by atomic mass is 10.1. The molecule has 4 nitrogen and oxygen atoms in total. The number of halogens is 1. The molecule has 1 aromatic carbocycles. The van der Waals surface area contributed by atoms with Crippen LogP contribution in [-0.4, -0.2) is 42.8 Å². The fourth-order valence-corrected chi connectivity index (χ4v) is 3.09.